The summed E-state index contributed by atoms with van der Waals surface area (Å²) >= 11 is 17.2. The van der Waals surface area contributed by atoms with Crippen molar-refractivity contribution in [3.8, 4) is 0 Å². The molecule has 0 radical (unpaired) electrons. The molecule has 0 spiro atoms. The third-order valence-corrected chi connectivity index (χ3v) is 3.47. The highest BCUT2D eigenvalue weighted by atomic mass is 35.5. The van der Waals surface area contributed by atoms with E-state index in [1.54, 1.807) is 6.07 Å². The molecule has 1 aromatic rings. The first kappa shape index (κ1) is 12.9. The van der Waals surface area contributed by atoms with Gasteiger partial charge in [0.2, 0.25) is 0 Å². The summed E-state index contributed by atoms with van der Waals surface area (Å²) in [6.07, 6.45) is 3.26. The Bertz CT molecular complexity index is 419. The summed E-state index contributed by atoms with van der Waals surface area (Å²) < 4.78 is 0. The highest BCUT2D eigenvalue weighted by Crippen LogP contribution is 2.21. The van der Waals surface area contributed by atoms with Gasteiger partial charge in [-0.2, -0.15) is 0 Å². The molecule has 92 valence electrons. The zero-order valence-corrected chi connectivity index (χ0v) is 11.6. The van der Waals surface area contributed by atoms with E-state index in [2.05, 4.69) is 10.6 Å². The molecule has 2 rings (SSSR count). The molecule has 0 unspecified atom stereocenters. The second-order valence-corrected chi connectivity index (χ2v) is 5.41. The second-order valence-electron chi connectivity index (χ2n) is 4.16. The molecule has 1 fully saturated rings. The monoisotopic (exact) mass is 288 g/mol. The number of thiocarbonyl (C=S) groups is 1. The lowest BCUT2D eigenvalue weighted by Gasteiger charge is -2.10. The van der Waals surface area contributed by atoms with Crippen LogP contribution in [0.4, 0.5) is 0 Å². The second kappa shape index (κ2) is 5.89. The molecule has 2 N–H and O–H groups in total. The van der Waals surface area contributed by atoms with Crippen molar-refractivity contribution in [1.29, 1.82) is 0 Å². The van der Waals surface area contributed by atoms with Crippen molar-refractivity contribution in [3.05, 3.63) is 33.8 Å². The molecular formula is C12H14Cl2N2S. The first-order valence-electron chi connectivity index (χ1n) is 5.63. The zero-order chi connectivity index (χ0) is 12.3. The molecule has 0 aliphatic heterocycles. The van der Waals surface area contributed by atoms with Gasteiger partial charge in [-0.25, -0.2) is 0 Å². The fraction of sp³-hybridized carbons (Fsp3) is 0.417. The SMILES string of the molecule is S=C(NCCc1cc(Cl)ccc1Cl)NC1CC1. The molecule has 0 aromatic heterocycles. The number of rotatable bonds is 4. The molecule has 0 bridgehead atoms. The summed E-state index contributed by atoms with van der Waals surface area (Å²) in [5, 5.41) is 8.58. The van der Waals surface area contributed by atoms with Gasteiger partial charge in [0.25, 0.3) is 0 Å². The van der Waals surface area contributed by atoms with Gasteiger partial charge in [-0.1, -0.05) is 23.2 Å². The number of halogens is 2. The highest BCUT2D eigenvalue weighted by Gasteiger charge is 2.21. The van der Waals surface area contributed by atoms with Gasteiger partial charge in [-0.05, 0) is 55.2 Å². The summed E-state index contributed by atoms with van der Waals surface area (Å²) in [5.41, 5.74) is 1.04. The van der Waals surface area contributed by atoms with Gasteiger partial charge in [0.15, 0.2) is 5.11 Å². The Kier molecular flexibility index (Phi) is 4.48. The smallest absolute Gasteiger partial charge is 0.166 e. The Balaban J connectivity index is 1.76. The predicted molar refractivity (Wildman–Crippen MR) is 76.9 cm³/mol. The molecule has 1 saturated carbocycles. The Morgan fingerprint density at radius 3 is 2.82 bits per heavy atom. The van der Waals surface area contributed by atoms with Crippen LogP contribution in [0.5, 0.6) is 0 Å². The largest absolute Gasteiger partial charge is 0.362 e. The van der Waals surface area contributed by atoms with Crippen LogP contribution in [0, 0.1) is 0 Å². The van der Waals surface area contributed by atoms with E-state index in [0.29, 0.717) is 11.1 Å². The molecule has 2 nitrogen and oxygen atoms in total. The van der Waals surface area contributed by atoms with Gasteiger partial charge >= 0.3 is 0 Å². The van der Waals surface area contributed by atoms with Crippen LogP contribution in [0.25, 0.3) is 0 Å². The Morgan fingerprint density at radius 2 is 2.12 bits per heavy atom. The predicted octanol–water partition coefficient (Wildman–Crippen LogP) is 3.16. The maximum absolute atomic E-state index is 6.07. The van der Waals surface area contributed by atoms with Gasteiger partial charge < -0.3 is 10.6 Å². The first-order valence-corrected chi connectivity index (χ1v) is 6.80. The lowest BCUT2D eigenvalue weighted by atomic mass is 10.1. The molecule has 17 heavy (non-hydrogen) atoms. The van der Waals surface area contributed by atoms with E-state index in [9.17, 15) is 0 Å². The average Bonchev–Trinajstić information content (AvgIpc) is 3.07. The number of benzene rings is 1. The molecular weight excluding hydrogens is 275 g/mol. The average molecular weight is 289 g/mol. The van der Waals surface area contributed by atoms with Gasteiger partial charge in [0.05, 0.1) is 0 Å². The van der Waals surface area contributed by atoms with Crippen LogP contribution in [0.2, 0.25) is 10.0 Å². The van der Waals surface area contributed by atoms with Crippen molar-refractivity contribution in [2.75, 3.05) is 6.54 Å². The third-order valence-electron chi connectivity index (χ3n) is 2.60. The van der Waals surface area contributed by atoms with Crippen LogP contribution >= 0.6 is 35.4 Å². The van der Waals surface area contributed by atoms with E-state index < -0.39 is 0 Å². The van der Waals surface area contributed by atoms with Crippen LogP contribution in [0.3, 0.4) is 0 Å². The van der Waals surface area contributed by atoms with E-state index in [-0.39, 0.29) is 0 Å². The zero-order valence-electron chi connectivity index (χ0n) is 9.30. The number of nitrogens with one attached hydrogen (secondary N) is 2. The maximum atomic E-state index is 6.07. The fourth-order valence-corrected chi connectivity index (χ4v) is 2.19. The minimum atomic E-state index is 0.588. The molecule has 5 heteroatoms. The Hall–Kier alpha value is -0.510. The van der Waals surface area contributed by atoms with Crippen LogP contribution in [0.1, 0.15) is 18.4 Å². The van der Waals surface area contributed by atoms with E-state index in [1.807, 2.05) is 12.1 Å². The number of hydrogen-bond acceptors (Lipinski definition) is 1. The third kappa shape index (κ3) is 4.34. The van der Waals surface area contributed by atoms with E-state index in [0.717, 1.165) is 28.7 Å². The first-order chi connectivity index (χ1) is 8.15. The quantitative estimate of drug-likeness (QED) is 0.833. The maximum Gasteiger partial charge on any atom is 0.166 e. The molecule has 0 atom stereocenters. The topological polar surface area (TPSA) is 24.1 Å². The Labute approximate surface area is 117 Å². The molecule has 0 heterocycles. The van der Waals surface area contributed by atoms with Gasteiger partial charge in [-0.3, -0.25) is 0 Å². The molecule has 1 aliphatic carbocycles. The summed E-state index contributed by atoms with van der Waals surface area (Å²) in [6, 6.07) is 6.09. The van der Waals surface area contributed by atoms with Crippen molar-refractivity contribution in [2.45, 2.75) is 25.3 Å². The fourth-order valence-electron chi connectivity index (χ4n) is 1.51. The van der Waals surface area contributed by atoms with Crippen molar-refractivity contribution < 1.29 is 0 Å². The number of hydrogen-bond donors (Lipinski definition) is 2. The standard InChI is InChI=1S/C12H14Cl2N2S/c13-9-1-4-11(14)8(7-9)5-6-15-12(17)16-10-2-3-10/h1,4,7,10H,2-3,5-6H2,(H2,15,16,17). The van der Waals surface area contributed by atoms with Gasteiger partial charge in [0.1, 0.15) is 0 Å². The normalized spacial score (nSPS) is 14.5. The van der Waals surface area contributed by atoms with Crippen molar-refractivity contribution in [1.82, 2.24) is 10.6 Å². The van der Waals surface area contributed by atoms with Crippen LogP contribution < -0.4 is 10.6 Å². The van der Waals surface area contributed by atoms with E-state index in [4.69, 9.17) is 35.4 Å². The van der Waals surface area contributed by atoms with Crippen molar-refractivity contribution >= 4 is 40.5 Å². The minimum absolute atomic E-state index is 0.588. The van der Waals surface area contributed by atoms with Crippen molar-refractivity contribution in [2.24, 2.45) is 0 Å². The summed E-state index contributed by atoms with van der Waals surface area (Å²) in [6.45, 7) is 0.763. The highest BCUT2D eigenvalue weighted by molar-refractivity contribution is 7.80. The Morgan fingerprint density at radius 1 is 1.35 bits per heavy atom. The summed E-state index contributed by atoms with van der Waals surface area (Å²) in [5.74, 6) is 0. The van der Waals surface area contributed by atoms with E-state index in [1.165, 1.54) is 12.8 Å². The molecule has 0 amide bonds. The van der Waals surface area contributed by atoms with Crippen LogP contribution in [-0.4, -0.2) is 17.7 Å². The minimum Gasteiger partial charge on any atom is -0.362 e. The molecule has 1 aliphatic rings. The summed E-state index contributed by atoms with van der Waals surface area (Å²) in [7, 11) is 0. The van der Waals surface area contributed by atoms with Gasteiger partial charge in [-0.15, -0.1) is 0 Å². The van der Waals surface area contributed by atoms with Crippen LogP contribution in [-0.2, 0) is 6.42 Å². The molecule has 0 saturated heterocycles. The lowest BCUT2D eigenvalue weighted by Crippen LogP contribution is -2.37. The van der Waals surface area contributed by atoms with Gasteiger partial charge in [0, 0.05) is 22.6 Å². The molecule has 1 aromatic carbocycles. The summed E-state index contributed by atoms with van der Waals surface area (Å²) in [4.78, 5) is 0. The lowest BCUT2D eigenvalue weighted by molar-refractivity contribution is 0.812. The van der Waals surface area contributed by atoms with Crippen LogP contribution in [0.15, 0.2) is 18.2 Å². The van der Waals surface area contributed by atoms with Crippen molar-refractivity contribution in [3.63, 3.8) is 0 Å². The van der Waals surface area contributed by atoms with E-state index >= 15 is 0 Å².